The molecular formula is C12H13NO2S. The molecule has 0 spiro atoms. The van der Waals surface area contributed by atoms with Gasteiger partial charge in [0.15, 0.2) is 0 Å². The highest BCUT2D eigenvalue weighted by Gasteiger charge is 2.16. The molecule has 2 rings (SSSR count). The summed E-state index contributed by atoms with van der Waals surface area (Å²) in [5.74, 6) is -0.288. The number of rotatable bonds is 2. The molecule has 2 heterocycles. The van der Waals surface area contributed by atoms with Crippen LogP contribution in [0, 0.1) is 13.8 Å². The van der Waals surface area contributed by atoms with E-state index in [0.29, 0.717) is 5.56 Å². The highest BCUT2D eigenvalue weighted by Crippen LogP contribution is 2.26. The van der Waals surface area contributed by atoms with Crippen LogP contribution in [0.2, 0.25) is 0 Å². The molecule has 0 amide bonds. The fourth-order valence-electron chi connectivity index (χ4n) is 1.73. The van der Waals surface area contributed by atoms with Crippen LogP contribution in [-0.2, 0) is 4.74 Å². The van der Waals surface area contributed by atoms with Gasteiger partial charge in [-0.15, -0.1) is 11.3 Å². The van der Waals surface area contributed by atoms with Crippen molar-refractivity contribution < 1.29 is 9.53 Å². The van der Waals surface area contributed by atoms with Crippen molar-refractivity contribution >= 4 is 17.3 Å². The number of nitrogens with zero attached hydrogens (tertiary/aromatic N) is 1. The van der Waals surface area contributed by atoms with Gasteiger partial charge in [-0.2, -0.15) is 0 Å². The minimum Gasteiger partial charge on any atom is -0.465 e. The molecule has 16 heavy (non-hydrogen) atoms. The highest BCUT2D eigenvalue weighted by molar-refractivity contribution is 7.13. The Morgan fingerprint density at radius 2 is 1.88 bits per heavy atom. The summed E-state index contributed by atoms with van der Waals surface area (Å²) in [4.78, 5) is 11.6. The van der Waals surface area contributed by atoms with Gasteiger partial charge in [0.2, 0.25) is 0 Å². The maximum atomic E-state index is 11.6. The highest BCUT2D eigenvalue weighted by atomic mass is 32.1. The predicted octanol–water partition coefficient (Wildman–Crippen LogP) is 2.94. The first-order valence-electron chi connectivity index (χ1n) is 4.96. The fourth-order valence-corrected chi connectivity index (χ4v) is 2.73. The normalized spacial score (nSPS) is 10.4. The number of esters is 1. The van der Waals surface area contributed by atoms with E-state index < -0.39 is 0 Å². The minimum atomic E-state index is -0.288. The largest absolute Gasteiger partial charge is 0.465 e. The van der Waals surface area contributed by atoms with E-state index in [1.54, 1.807) is 17.4 Å². The number of thiophene rings is 1. The Bertz CT molecular complexity index is 505. The number of aromatic nitrogens is 1. The monoisotopic (exact) mass is 235 g/mol. The Morgan fingerprint density at radius 1 is 1.25 bits per heavy atom. The molecule has 4 heteroatoms. The summed E-state index contributed by atoms with van der Waals surface area (Å²) >= 11 is 1.54. The molecule has 2 aromatic rings. The molecule has 0 bridgehead atoms. The van der Waals surface area contributed by atoms with E-state index in [1.165, 1.54) is 7.11 Å². The van der Waals surface area contributed by atoms with Gasteiger partial charge in [0.05, 0.1) is 12.7 Å². The van der Waals surface area contributed by atoms with Gasteiger partial charge in [0.25, 0.3) is 0 Å². The van der Waals surface area contributed by atoms with E-state index >= 15 is 0 Å². The number of methoxy groups -OCH3 is 1. The number of carbonyl (C=O) groups is 1. The second kappa shape index (κ2) is 4.14. The lowest BCUT2D eigenvalue weighted by Gasteiger charge is -2.08. The molecule has 0 aliphatic rings. The second-order valence-electron chi connectivity index (χ2n) is 3.58. The maximum absolute atomic E-state index is 11.6. The molecule has 84 valence electrons. The molecule has 0 aliphatic carbocycles. The van der Waals surface area contributed by atoms with Gasteiger partial charge in [-0.3, -0.25) is 0 Å². The van der Waals surface area contributed by atoms with Crippen LogP contribution in [0.25, 0.3) is 5.00 Å². The third-order valence-electron chi connectivity index (χ3n) is 2.52. The molecule has 0 N–H and O–H groups in total. The summed E-state index contributed by atoms with van der Waals surface area (Å²) in [5.41, 5.74) is 2.85. The van der Waals surface area contributed by atoms with Gasteiger partial charge in [-0.25, -0.2) is 4.79 Å². The zero-order valence-corrected chi connectivity index (χ0v) is 10.3. The molecule has 0 saturated heterocycles. The number of aryl methyl sites for hydroxylation is 2. The predicted molar refractivity (Wildman–Crippen MR) is 64.5 cm³/mol. The summed E-state index contributed by atoms with van der Waals surface area (Å²) in [6, 6.07) is 5.87. The third kappa shape index (κ3) is 1.65. The van der Waals surface area contributed by atoms with Crippen LogP contribution in [-0.4, -0.2) is 17.6 Å². The van der Waals surface area contributed by atoms with Crippen LogP contribution >= 0.6 is 11.3 Å². The van der Waals surface area contributed by atoms with Gasteiger partial charge in [-0.05, 0) is 37.4 Å². The third-order valence-corrected chi connectivity index (χ3v) is 3.42. The van der Waals surface area contributed by atoms with Crippen molar-refractivity contribution in [3.63, 3.8) is 0 Å². The molecule has 3 nitrogen and oxygen atoms in total. The molecule has 0 atom stereocenters. The van der Waals surface area contributed by atoms with Gasteiger partial charge in [0, 0.05) is 11.4 Å². The van der Waals surface area contributed by atoms with E-state index in [9.17, 15) is 4.79 Å². The van der Waals surface area contributed by atoms with Crippen LogP contribution < -0.4 is 0 Å². The Hall–Kier alpha value is -1.55. The molecule has 0 saturated carbocycles. The van der Waals surface area contributed by atoms with Crippen molar-refractivity contribution in [2.75, 3.05) is 7.11 Å². The zero-order chi connectivity index (χ0) is 11.7. The first kappa shape index (κ1) is 11.0. The summed E-state index contributed by atoms with van der Waals surface area (Å²) in [6.45, 7) is 4.04. The molecule has 0 aliphatic heterocycles. The van der Waals surface area contributed by atoms with Crippen LogP contribution in [0.1, 0.15) is 21.7 Å². The van der Waals surface area contributed by atoms with E-state index in [1.807, 2.05) is 31.4 Å². The van der Waals surface area contributed by atoms with E-state index in [0.717, 1.165) is 16.4 Å². The van der Waals surface area contributed by atoms with Crippen LogP contribution in [0.5, 0.6) is 0 Å². The van der Waals surface area contributed by atoms with Crippen LogP contribution in [0.15, 0.2) is 23.6 Å². The van der Waals surface area contributed by atoms with Gasteiger partial charge in [-0.1, -0.05) is 0 Å². The quantitative estimate of drug-likeness (QED) is 0.749. The van der Waals surface area contributed by atoms with E-state index in [2.05, 4.69) is 4.57 Å². The molecule has 0 aromatic carbocycles. The average Bonchev–Trinajstić information content (AvgIpc) is 2.84. The minimum absolute atomic E-state index is 0.288. The summed E-state index contributed by atoms with van der Waals surface area (Å²) in [5, 5.41) is 2.83. The Morgan fingerprint density at radius 3 is 2.44 bits per heavy atom. The maximum Gasteiger partial charge on any atom is 0.340 e. The van der Waals surface area contributed by atoms with Crippen LogP contribution in [0.3, 0.4) is 0 Å². The molecule has 0 unspecified atom stereocenters. The van der Waals surface area contributed by atoms with E-state index in [4.69, 9.17) is 4.74 Å². The lowest BCUT2D eigenvalue weighted by molar-refractivity contribution is 0.0601. The van der Waals surface area contributed by atoms with Crippen molar-refractivity contribution in [3.8, 4) is 5.00 Å². The summed E-state index contributed by atoms with van der Waals surface area (Å²) < 4.78 is 6.83. The van der Waals surface area contributed by atoms with Crippen molar-refractivity contribution in [1.82, 2.24) is 4.57 Å². The molecular weight excluding hydrogens is 222 g/mol. The number of hydrogen-bond donors (Lipinski definition) is 0. The molecule has 2 aromatic heterocycles. The Kier molecular flexibility index (Phi) is 2.83. The first-order chi connectivity index (χ1) is 7.65. The lowest BCUT2D eigenvalue weighted by Crippen LogP contribution is -2.06. The standard InChI is InChI=1S/C12H13NO2S/c1-8-4-5-9(2)13(8)11-10(6-7-16-11)12(14)15-3/h4-7H,1-3H3. The Balaban J connectivity index is 2.57. The lowest BCUT2D eigenvalue weighted by atomic mass is 10.3. The van der Waals surface area contributed by atoms with Gasteiger partial charge in [0.1, 0.15) is 5.00 Å². The van der Waals surface area contributed by atoms with E-state index in [-0.39, 0.29) is 5.97 Å². The molecule has 0 radical (unpaired) electrons. The topological polar surface area (TPSA) is 31.2 Å². The average molecular weight is 235 g/mol. The fraction of sp³-hybridized carbons (Fsp3) is 0.250. The SMILES string of the molecule is COC(=O)c1ccsc1-n1c(C)ccc1C. The van der Waals surface area contributed by atoms with Gasteiger partial charge >= 0.3 is 5.97 Å². The number of hydrogen-bond acceptors (Lipinski definition) is 3. The smallest absolute Gasteiger partial charge is 0.340 e. The Labute approximate surface area is 98.3 Å². The van der Waals surface area contributed by atoms with Crippen molar-refractivity contribution in [2.24, 2.45) is 0 Å². The van der Waals surface area contributed by atoms with Crippen LogP contribution in [0.4, 0.5) is 0 Å². The number of carbonyl (C=O) groups excluding carboxylic acids is 1. The first-order valence-corrected chi connectivity index (χ1v) is 5.84. The second-order valence-corrected chi connectivity index (χ2v) is 4.48. The summed E-state index contributed by atoms with van der Waals surface area (Å²) in [7, 11) is 1.40. The van der Waals surface area contributed by atoms with Gasteiger partial charge < -0.3 is 9.30 Å². The van der Waals surface area contributed by atoms with Crippen molar-refractivity contribution in [1.29, 1.82) is 0 Å². The summed E-state index contributed by atoms with van der Waals surface area (Å²) in [6.07, 6.45) is 0. The van der Waals surface area contributed by atoms with Crippen molar-refractivity contribution in [2.45, 2.75) is 13.8 Å². The van der Waals surface area contributed by atoms with Crippen molar-refractivity contribution in [3.05, 3.63) is 40.5 Å². The zero-order valence-electron chi connectivity index (χ0n) is 9.48. The molecule has 0 fully saturated rings. The number of ether oxygens (including phenoxy) is 1.